The molecule has 0 aromatic carbocycles. The lowest BCUT2D eigenvalue weighted by molar-refractivity contribution is -0.144. The zero-order valence-electron chi connectivity index (χ0n) is 18.3. The fourth-order valence-electron chi connectivity index (χ4n) is 2.78. The van der Waals surface area contributed by atoms with Crippen molar-refractivity contribution < 1.29 is 28.4 Å². The minimum Gasteiger partial charge on any atom is -0.468 e. The normalized spacial score (nSPS) is 15.1. The zero-order valence-corrected chi connectivity index (χ0v) is 19.2. The summed E-state index contributed by atoms with van der Waals surface area (Å²) >= 11 is 0. The Labute approximate surface area is 183 Å². The second-order valence-electron chi connectivity index (χ2n) is 6.82. The van der Waals surface area contributed by atoms with Gasteiger partial charge in [0.2, 0.25) is 13.4 Å². The van der Waals surface area contributed by atoms with Crippen molar-refractivity contribution in [1.29, 1.82) is 0 Å². The van der Waals surface area contributed by atoms with Crippen LogP contribution >= 0.6 is 7.44 Å². The number of aromatic nitrogens is 4. The van der Waals surface area contributed by atoms with E-state index in [2.05, 4.69) is 29.9 Å². The highest BCUT2D eigenvalue weighted by Gasteiger charge is 2.31. The molecule has 0 bridgehead atoms. The Kier molecular flexibility index (Phi) is 8.89. The molecule has 0 fully saturated rings. The van der Waals surface area contributed by atoms with Gasteiger partial charge in [0.05, 0.1) is 26.7 Å². The Morgan fingerprint density at radius 1 is 1.28 bits per heavy atom. The lowest BCUT2D eigenvalue weighted by Crippen LogP contribution is -2.42. The van der Waals surface area contributed by atoms with Crippen molar-refractivity contribution in [3.63, 3.8) is 0 Å². The summed E-state index contributed by atoms with van der Waals surface area (Å²) in [5.74, 6) is -1.28. The number of hydrogen-bond acceptors (Lipinski definition) is 10. The molecule has 32 heavy (non-hydrogen) atoms. The standard InChI is InChI=1S/C17H28N7O7P/c1-5-31-16(27)11(3)23-32(28,22-10(2)15(26)29-4)9-30-7-6-24-8-19-12-13(24)20-17(18)21-14(12)25/h8,10-11H,5-7,9H2,1-4H3,(H2,22,23,28)(H3,18,20,21,25)/t10-,11-,32?/m0/s1. The molecule has 0 saturated heterocycles. The number of ether oxygens (including phenoxy) is 3. The minimum absolute atomic E-state index is 0.0483. The van der Waals surface area contributed by atoms with Crippen LogP contribution in [0, 0.1) is 0 Å². The maximum absolute atomic E-state index is 13.4. The van der Waals surface area contributed by atoms with Crippen molar-refractivity contribution in [3.8, 4) is 0 Å². The predicted octanol–water partition coefficient (Wildman–Crippen LogP) is -0.439. The summed E-state index contributed by atoms with van der Waals surface area (Å²) in [6.45, 7) is 5.07. The number of nitrogens with one attached hydrogen (secondary N) is 3. The van der Waals surface area contributed by atoms with E-state index in [0.29, 0.717) is 0 Å². The number of nitrogen functional groups attached to an aromatic ring is 1. The highest BCUT2D eigenvalue weighted by molar-refractivity contribution is 7.59. The maximum Gasteiger partial charge on any atom is 0.323 e. The summed E-state index contributed by atoms with van der Waals surface area (Å²) in [6, 6.07) is -1.84. The largest absolute Gasteiger partial charge is 0.468 e. The van der Waals surface area contributed by atoms with E-state index >= 15 is 0 Å². The Morgan fingerprint density at radius 2 is 1.94 bits per heavy atom. The van der Waals surface area contributed by atoms with Crippen molar-refractivity contribution in [2.45, 2.75) is 39.4 Å². The first kappa shape index (κ1) is 25.5. The number of esters is 2. The van der Waals surface area contributed by atoms with Crippen LogP contribution in [0.15, 0.2) is 11.1 Å². The third kappa shape index (κ3) is 6.60. The van der Waals surface area contributed by atoms with Gasteiger partial charge in [-0.3, -0.25) is 23.9 Å². The van der Waals surface area contributed by atoms with Crippen LogP contribution in [-0.2, 0) is 34.9 Å². The summed E-state index contributed by atoms with van der Waals surface area (Å²) in [7, 11) is -2.38. The Morgan fingerprint density at radius 3 is 2.56 bits per heavy atom. The van der Waals surface area contributed by atoms with E-state index in [9.17, 15) is 18.9 Å². The molecule has 15 heteroatoms. The van der Waals surface area contributed by atoms with E-state index in [0.717, 1.165) is 0 Å². The molecule has 0 aliphatic heterocycles. The predicted molar refractivity (Wildman–Crippen MR) is 115 cm³/mol. The molecule has 0 aliphatic rings. The van der Waals surface area contributed by atoms with Gasteiger partial charge in [-0.25, -0.2) is 15.2 Å². The second kappa shape index (κ2) is 11.2. The van der Waals surface area contributed by atoms with Gasteiger partial charge in [-0.2, -0.15) is 4.98 Å². The van der Waals surface area contributed by atoms with Crippen LogP contribution in [0.5, 0.6) is 0 Å². The molecule has 2 heterocycles. The smallest absolute Gasteiger partial charge is 0.323 e. The number of anilines is 1. The van der Waals surface area contributed by atoms with Crippen molar-refractivity contribution in [2.75, 3.05) is 32.4 Å². The SMILES string of the molecule is CCOC(=O)[C@H](C)NP(=O)(COCCn1cnc2c(=O)[nH]c(N)nc21)N[C@@H](C)C(=O)OC. The first-order valence-corrected chi connectivity index (χ1v) is 11.7. The highest BCUT2D eigenvalue weighted by atomic mass is 31.2. The van der Waals surface area contributed by atoms with Gasteiger partial charge in [0, 0.05) is 6.54 Å². The lowest BCUT2D eigenvalue weighted by Gasteiger charge is -2.26. The molecule has 0 aliphatic carbocycles. The molecule has 2 rings (SSSR count). The number of methoxy groups -OCH3 is 1. The minimum atomic E-state index is -3.59. The Hall–Kier alpha value is -2.80. The molecule has 0 amide bonds. The first-order chi connectivity index (χ1) is 15.1. The molecular weight excluding hydrogens is 445 g/mol. The molecule has 14 nitrogen and oxygen atoms in total. The van der Waals surface area contributed by atoms with E-state index in [1.54, 1.807) is 11.5 Å². The van der Waals surface area contributed by atoms with E-state index < -0.39 is 37.0 Å². The van der Waals surface area contributed by atoms with Crippen LogP contribution in [0.3, 0.4) is 0 Å². The average Bonchev–Trinajstić information content (AvgIpc) is 3.13. The Balaban J connectivity index is 2.05. The number of carbonyl (C=O) groups excluding carboxylic acids is 2. The zero-order chi connectivity index (χ0) is 23.9. The Bertz CT molecular complexity index is 1050. The van der Waals surface area contributed by atoms with Crippen molar-refractivity contribution in [1.82, 2.24) is 29.7 Å². The topological polar surface area (TPSA) is 193 Å². The van der Waals surface area contributed by atoms with Gasteiger partial charge < -0.3 is 24.5 Å². The molecule has 0 spiro atoms. The third-order valence-electron chi connectivity index (χ3n) is 4.24. The van der Waals surface area contributed by atoms with Crippen LogP contribution < -0.4 is 21.5 Å². The summed E-state index contributed by atoms with van der Waals surface area (Å²) in [4.78, 5) is 45.9. The van der Waals surface area contributed by atoms with Gasteiger partial charge in [0.15, 0.2) is 11.2 Å². The third-order valence-corrected chi connectivity index (χ3v) is 6.40. The molecule has 2 aromatic rings. The van der Waals surface area contributed by atoms with Gasteiger partial charge in [-0.1, -0.05) is 0 Å². The number of carbonyl (C=O) groups is 2. The highest BCUT2D eigenvalue weighted by Crippen LogP contribution is 2.37. The average molecular weight is 473 g/mol. The van der Waals surface area contributed by atoms with Crippen LogP contribution in [0.25, 0.3) is 11.2 Å². The van der Waals surface area contributed by atoms with Crippen LogP contribution in [0.2, 0.25) is 0 Å². The quantitative estimate of drug-likeness (QED) is 0.177. The van der Waals surface area contributed by atoms with E-state index in [1.165, 1.54) is 27.3 Å². The summed E-state index contributed by atoms with van der Waals surface area (Å²) < 4.78 is 30.0. The maximum atomic E-state index is 13.4. The number of rotatable bonds is 12. The number of nitrogens with two attached hydrogens (primary N) is 1. The summed E-state index contributed by atoms with van der Waals surface area (Å²) in [6.07, 6.45) is 1.06. The molecule has 1 unspecified atom stereocenters. The summed E-state index contributed by atoms with van der Waals surface area (Å²) in [5, 5.41) is 5.32. The molecule has 3 atom stereocenters. The molecular formula is C17H28N7O7P. The van der Waals surface area contributed by atoms with Gasteiger partial charge >= 0.3 is 11.9 Å². The van der Waals surface area contributed by atoms with Crippen molar-refractivity contribution in [3.05, 3.63) is 16.7 Å². The monoisotopic (exact) mass is 473 g/mol. The number of fused-ring (bicyclic) bond motifs is 1. The fraction of sp³-hybridized carbons (Fsp3) is 0.588. The van der Waals surface area contributed by atoms with E-state index in [1.807, 2.05) is 0 Å². The lowest BCUT2D eigenvalue weighted by atomic mass is 10.4. The second-order valence-corrected chi connectivity index (χ2v) is 9.07. The number of imidazole rings is 1. The van der Waals surface area contributed by atoms with Gasteiger partial charge in [0.1, 0.15) is 18.4 Å². The van der Waals surface area contributed by atoms with Gasteiger partial charge in [-0.05, 0) is 20.8 Å². The van der Waals surface area contributed by atoms with Crippen LogP contribution in [-0.4, -0.2) is 70.2 Å². The first-order valence-electron chi connectivity index (χ1n) is 9.77. The van der Waals surface area contributed by atoms with E-state index in [4.69, 9.17) is 15.2 Å². The molecule has 178 valence electrons. The van der Waals surface area contributed by atoms with Crippen molar-refractivity contribution in [2.24, 2.45) is 0 Å². The number of hydrogen-bond donors (Lipinski definition) is 4. The number of H-pyrrole nitrogens is 1. The fourth-order valence-corrected chi connectivity index (χ4v) is 4.85. The summed E-state index contributed by atoms with van der Waals surface area (Å²) in [5.41, 5.74) is 5.52. The van der Waals surface area contributed by atoms with Crippen molar-refractivity contribution >= 4 is 36.5 Å². The molecule has 0 saturated carbocycles. The number of aromatic amines is 1. The van der Waals surface area contributed by atoms with Crippen LogP contribution in [0.1, 0.15) is 20.8 Å². The molecule has 0 radical (unpaired) electrons. The van der Waals surface area contributed by atoms with Gasteiger partial charge in [0.25, 0.3) is 5.56 Å². The van der Waals surface area contributed by atoms with Crippen LogP contribution in [0.4, 0.5) is 5.95 Å². The number of nitrogens with zero attached hydrogens (tertiary/aromatic N) is 3. The van der Waals surface area contributed by atoms with Gasteiger partial charge in [-0.15, -0.1) is 0 Å². The van der Waals surface area contributed by atoms with E-state index in [-0.39, 0.29) is 43.2 Å². The molecule has 5 N–H and O–H groups in total. The molecule has 2 aromatic heterocycles.